The largest absolute Gasteiger partial charge is 0.309 e. The average molecular weight is 316 g/mol. The molecule has 3 rings (SSSR count). The van der Waals surface area contributed by atoms with Crippen LogP contribution in [0.1, 0.15) is 26.5 Å². The van der Waals surface area contributed by atoms with Gasteiger partial charge in [-0.05, 0) is 18.2 Å². The standard InChI is InChI=1S/C16H18ClN5/c1-16(2,3)13-8-14(22(4)21-13)20-15-18-9-10-7-11(17)5-6-12(10)19-15/h5-9H,1-4H3,(H,18,19,20). The monoisotopic (exact) mass is 315 g/mol. The summed E-state index contributed by atoms with van der Waals surface area (Å²) in [6.45, 7) is 6.40. The van der Waals surface area contributed by atoms with Gasteiger partial charge in [0.05, 0.1) is 11.2 Å². The van der Waals surface area contributed by atoms with E-state index in [0.717, 1.165) is 22.4 Å². The SMILES string of the molecule is Cn1nc(C(C)(C)C)cc1Nc1ncc2cc(Cl)ccc2n1. The minimum Gasteiger partial charge on any atom is -0.309 e. The van der Waals surface area contributed by atoms with Gasteiger partial charge in [0.2, 0.25) is 5.95 Å². The lowest BCUT2D eigenvalue weighted by Gasteiger charge is -2.13. The maximum absolute atomic E-state index is 5.97. The summed E-state index contributed by atoms with van der Waals surface area (Å²) >= 11 is 5.97. The highest BCUT2D eigenvalue weighted by Crippen LogP contribution is 2.25. The van der Waals surface area contributed by atoms with Crippen molar-refractivity contribution >= 4 is 34.3 Å². The summed E-state index contributed by atoms with van der Waals surface area (Å²) in [7, 11) is 1.90. The third-order valence-corrected chi connectivity index (χ3v) is 3.67. The molecule has 1 N–H and O–H groups in total. The number of fused-ring (bicyclic) bond motifs is 1. The van der Waals surface area contributed by atoms with E-state index in [1.165, 1.54) is 0 Å². The second-order valence-electron chi connectivity index (χ2n) is 6.31. The van der Waals surface area contributed by atoms with Crippen molar-refractivity contribution < 1.29 is 0 Å². The Balaban J connectivity index is 1.93. The summed E-state index contributed by atoms with van der Waals surface area (Å²) in [6, 6.07) is 7.58. The molecular weight excluding hydrogens is 298 g/mol. The van der Waals surface area contributed by atoms with Gasteiger partial charge in [-0.15, -0.1) is 0 Å². The van der Waals surface area contributed by atoms with Gasteiger partial charge < -0.3 is 5.32 Å². The van der Waals surface area contributed by atoms with Crippen molar-refractivity contribution in [2.45, 2.75) is 26.2 Å². The smallest absolute Gasteiger partial charge is 0.228 e. The van der Waals surface area contributed by atoms with Gasteiger partial charge in [0.25, 0.3) is 0 Å². The first-order chi connectivity index (χ1) is 10.3. The number of hydrogen-bond donors (Lipinski definition) is 1. The zero-order valence-electron chi connectivity index (χ0n) is 13.1. The van der Waals surface area contributed by atoms with Gasteiger partial charge in [0, 0.05) is 35.1 Å². The van der Waals surface area contributed by atoms with Gasteiger partial charge >= 0.3 is 0 Å². The van der Waals surface area contributed by atoms with Crippen molar-refractivity contribution in [1.29, 1.82) is 0 Å². The molecule has 114 valence electrons. The molecule has 0 saturated carbocycles. The molecule has 5 nitrogen and oxygen atoms in total. The Morgan fingerprint density at radius 2 is 1.95 bits per heavy atom. The number of anilines is 2. The van der Waals surface area contributed by atoms with Gasteiger partial charge in [-0.2, -0.15) is 5.10 Å². The van der Waals surface area contributed by atoms with E-state index in [2.05, 4.69) is 41.2 Å². The first-order valence-corrected chi connectivity index (χ1v) is 7.44. The molecule has 2 aromatic heterocycles. The Hall–Kier alpha value is -2.14. The predicted octanol–water partition coefficient (Wildman–Crippen LogP) is 4.06. The Morgan fingerprint density at radius 1 is 1.18 bits per heavy atom. The number of hydrogen-bond acceptors (Lipinski definition) is 4. The number of benzene rings is 1. The number of aromatic nitrogens is 4. The van der Waals surface area contributed by atoms with Crippen LogP contribution in [-0.2, 0) is 12.5 Å². The van der Waals surface area contributed by atoms with Crippen LogP contribution >= 0.6 is 11.6 Å². The minimum atomic E-state index is -0.00131. The maximum Gasteiger partial charge on any atom is 0.228 e. The lowest BCUT2D eigenvalue weighted by Crippen LogP contribution is -2.12. The molecule has 2 heterocycles. The first kappa shape index (κ1) is 14.8. The van der Waals surface area contributed by atoms with Gasteiger partial charge in [-0.1, -0.05) is 32.4 Å². The van der Waals surface area contributed by atoms with Crippen molar-refractivity contribution in [3.63, 3.8) is 0 Å². The Morgan fingerprint density at radius 3 is 2.64 bits per heavy atom. The van der Waals surface area contributed by atoms with Crippen LogP contribution in [0.25, 0.3) is 10.9 Å². The Bertz CT molecular complexity index is 832. The van der Waals surface area contributed by atoms with Crippen LogP contribution in [-0.4, -0.2) is 19.7 Å². The van der Waals surface area contributed by atoms with Crippen molar-refractivity contribution in [1.82, 2.24) is 19.7 Å². The van der Waals surface area contributed by atoms with E-state index in [9.17, 15) is 0 Å². The molecule has 22 heavy (non-hydrogen) atoms. The van der Waals surface area contributed by atoms with Crippen LogP contribution in [0.5, 0.6) is 0 Å². The van der Waals surface area contributed by atoms with E-state index in [4.69, 9.17) is 11.6 Å². The molecule has 0 saturated heterocycles. The number of halogens is 1. The number of nitrogens with one attached hydrogen (secondary N) is 1. The number of rotatable bonds is 2. The van der Waals surface area contributed by atoms with Crippen molar-refractivity contribution in [3.8, 4) is 0 Å². The molecule has 0 radical (unpaired) electrons. The predicted molar refractivity (Wildman–Crippen MR) is 89.7 cm³/mol. The summed E-state index contributed by atoms with van der Waals surface area (Å²) in [5.74, 6) is 1.40. The van der Waals surface area contributed by atoms with E-state index < -0.39 is 0 Å². The molecule has 3 aromatic rings. The quantitative estimate of drug-likeness (QED) is 0.775. The highest BCUT2D eigenvalue weighted by atomic mass is 35.5. The summed E-state index contributed by atoms with van der Waals surface area (Å²) in [5.41, 5.74) is 1.86. The third-order valence-electron chi connectivity index (χ3n) is 3.43. The van der Waals surface area contributed by atoms with Crippen LogP contribution in [0.4, 0.5) is 11.8 Å². The highest BCUT2D eigenvalue weighted by molar-refractivity contribution is 6.31. The van der Waals surface area contributed by atoms with Crippen LogP contribution in [0.3, 0.4) is 0 Å². The molecule has 0 aliphatic carbocycles. The molecular formula is C16H18ClN5. The lowest BCUT2D eigenvalue weighted by molar-refractivity contribution is 0.553. The summed E-state index contributed by atoms with van der Waals surface area (Å²) in [6.07, 6.45) is 1.76. The molecule has 0 aliphatic rings. The van der Waals surface area contributed by atoms with E-state index in [-0.39, 0.29) is 5.41 Å². The number of aryl methyl sites for hydroxylation is 1. The molecule has 0 atom stereocenters. The Kier molecular flexibility index (Phi) is 3.53. The fourth-order valence-corrected chi connectivity index (χ4v) is 2.31. The molecule has 0 bridgehead atoms. The highest BCUT2D eigenvalue weighted by Gasteiger charge is 2.19. The fourth-order valence-electron chi connectivity index (χ4n) is 2.13. The maximum atomic E-state index is 5.97. The molecule has 0 fully saturated rings. The topological polar surface area (TPSA) is 55.6 Å². The van der Waals surface area contributed by atoms with Crippen molar-refractivity contribution in [3.05, 3.63) is 41.2 Å². The second-order valence-corrected chi connectivity index (χ2v) is 6.75. The van der Waals surface area contributed by atoms with E-state index >= 15 is 0 Å². The zero-order chi connectivity index (χ0) is 15.9. The molecule has 0 aliphatic heterocycles. The average Bonchev–Trinajstić information content (AvgIpc) is 2.80. The molecule has 0 unspecified atom stereocenters. The van der Waals surface area contributed by atoms with Gasteiger partial charge in [-0.3, -0.25) is 4.68 Å². The summed E-state index contributed by atoms with van der Waals surface area (Å²) < 4.78 is 1.80. The van der Waals surface area contributed by atoms with E-state index in [1.54, 1.807) is 10.9 Å². The second kappa shape index (κ2) is 5.25. The van der Waals surface area contributed by atoms with Crippen molar-refractivity contribution in [2.24, 2.45) is 7.05 Å². The molecule has 6 heteroatoms. The van der Waals surface area contributed by atoms with Gasteiger partial charge in [0.15, 0.2) is 0 Å². The van der Waals surface area contributed by atoms with Crippen LogP contribution in [0.15, 0.2) is 30.5 Å². The normalized spacial score (nSPS) is 11.9. The van der Waals surface area contributed by atoms with Crippen LogP contribution < -0.4 is 5.32 Å². The third kappa shape index (κ3) is 2.90. The molecule has 1 aromatic carbocycles. The van der Waals surface area contributed by atoms with E-state index in [0.29, 0.717) is 11.0 Å². The van der Waals surface area contributed by atoms with Gasteiger partial charge in [-0.25, -0.2) is 9.97 Å². The molecule has 0 amide bonds. The number of nitrogens with zero attached hydrogens (tertiary/aromatic N) is 4. The lowest BCUT2D eigenvalue weighted by atomic mass is 9.92. The van der Waals surface area contributed by atoms with Crippen molar-refractivity contribution in [2.75, 3.05) is 5.32 Å². The first-order valence-electron chi connectivity index (χ1n) is 7.07. The van der Waals surface area contributed by atoms with E-state index in [1.807, 2.05) is 31.3 Å². The summed E-state index contributed by atoms with van der Waals surface area (Å²) in [4.78, 5) is 8.84. The van der Waals surface area contributed by atoms with Crippen LogP contribution in [0.2, 0.25) is 5.02 Å². The minimum absolute atomic E-state index is 0.00131. The molecule has 0 spiro atoms. The zero-order valence-corrected chi connectivity index (χ0v) is 13.8. The summed E-state index contributed by atoms with van der Waals surface area (Å²) in [5, 5.41) is 9.34. The van der Waals surface area contributed by atoms with Gasteiger partial charge in [0.1, 0.15) is 5.82 Å². The Labute approximate surface area is 134 Å². The fraction of sp³-hybridized carbons (Fsp3) is 0.312. The van der Waals surface area contributed by atoms with Crippen LogP contribution in [0, 0.1) is 0 Å².